The highest BCUT2D eigenvalue weighted by Crippen LogP contribution is 2.09. The lowest BCUT2D eigenvalue weighted by molar-refractivity contribution is -0.103. The largest absolute Gasteiger partial charge is 0.383 e. The number of nitrogens with zero attached hydrogens (tertiary/aromatic N) is 3. The zero-order chi connectivity index (χ0) is 10.6. The maximum atomic E-state index is 10.7. The third kappa shape index (κ3) is 2.55. The van der Waals surface area contributed by atoms with Gasteiger partial charge in [-0.05, 0) is 0 Å². The van der Waals surface area contributed by atoms with Gasteiger partial charge in [0.2, 0.25) is 0 Å². The van der Waals surface area contributed by atoms with Crippen LogP contribution in [0.25, 0.3) is 5.57 Å². The average molecular weight is 192 g/mol. The number of nitrogens with two attached hydrogens (primary N) is 1. The van der Waals surface area contributed by atoms with Crippen LogP contribution in [0.5, 0.6) is 0 Å². The van der Waals surface area contributed by atoms with Crippen molar-refractivity contribution in [2.24, 2.45) is 0 Å². The van der Waals surface area contributed by atoms with E-state index in [-0.39, 0.29) is 0 Å². The van der Waals surface area contributed by atoms with E-state index in [9.17, 15) is 4.79 Å². The Labute approximate surface area is 82.3 Å². The molecule has 0 spiro atoms. The monoisotopic (exact) mass is 192 g/mol. The van der Waals surface area contributed by atoms with E-state index in [1.165, 1.54) is 12.4 Å². The third-order valence-electron chi connectivity index (χ3n) is 1.47. The first-order chi connectivity index (χ1) is 6.63. The molecule has 0 saturated carbocycles. The highest BCUT2D eigenvalue weighted by Gasteiger charge is 2.03. The Bertz CT molecular complexity index is 360. The van der Waals surface area contributed by atoms with Crippen molar-refractivity contribution >= 4 is 17.7 Å². The van der Waals surface area contributed by atoms with Gasteiger partial charge < -0.3 is 10.6 Å². The smallest absolute Gasteiger partial charge is 0.153 e. The van der Waals surface area contributed by atoms with Gasteiger partial charge in [-0.3, -0.25) is 9.78 Å². The van der Waals surface area contributed by atoms with Gasteiger partial charge in [0.25, 0.3) is 0 Å². The molecule has 0 radical (unpaired) electrons. The lowest BCUT2D eigenvalue weighted by Gasteiger charge is -2.06. The van der Waals surface area contributed by atoms with Gasteiger partial charge in [-0.2, -0.15) is 0 Å². The van der Waals surface area contributed by atoms with Gasteiger partial charge in [0.1, 0.15) is 5.82 Å². The summed E-state index contributed by atoms with van der Waals surface area (Å²) in [6.07, 6.45) is 5.32. The zero-order valence-corrected chi connectivity index (χ0v) is 8.14. The van der Waals surface area contributed by atoms with Crippen LogP contribution in [-0.4, -0.2) is 35.2 Å². The molecule has 74 valence electrons. The number of carbonyl (C=O) groups is 1. The summed E-state index contributed by atoms with van der Waals surface area (Å²) >= 11 is 0. The SMILES string of the molecule is CN(C)C=C(C=O)c1cncc(N)n1. The molecule has 1 rings (SSSR count). The molecular formula is C9H12N4O. The Hall–Kier alpha value is -1.91. The molecule has 0 saturated heterocycles. The van der Waals surface area contributed by atoms with Crippen LogP contribution in [0.15, 0.2) is 18.6 Å². The molecule has 1 heterocycles. The van der Waals surface area contributed by atoms with Crippen LogP contribution >= 0.6 is 0 Å². The predicted octanol–water partition coefficient (Wildman–Crippen LogP) is 0.160. The highest BCUT2D eigenvalue weighted by molar-refractivity contribution is 6.05. The number of nitrogen functional groups attached to an aromatic ring is 1. The van der Waals surface area contributed by atoms with Crippen molar-refractivity contribution in [2.75, 3.05) is 19.8 Å². The van der Waals surface area contributed by atoms with Gasteiger partial charge in [-0.1, -0.05) is 0 Å². The molecule has 2 N–H and O–H groups in total. The second-order valence-corrected chi connectivity index (χ2v) is 3.00. The average Bonchev–Trinajstić information content (AvgIpc) is 2.14. The maximum absolute atomic E-state index is 10.7. The van der Waals surface area contributed by atoms with Crippen molar-refractivity contribution in [3.8, 4) is 0 Å². The number of aromatic nitrogens is 2. The first-order valence-electron chi connectivity index (χ1n) is 4.05. The van der Waals surface area contributed by atoms with E-state index in [2.05, 4.69) is 9.97 Å². The Balaban J connectivity index is 3.07. The standard InChI is InChI=1S/C9H12N4O/c1-13(2)5-7(6-14)8-3-11-4-9(10)12-8/h3-6H,1-2H3,(H2,10,12). The molecule has 0 aliphatic heterocycles. The summed E-state index contributed by atoms with van der Waals surface area (Å²) in [5.74, 6) is 0.300. The van der Waals surface area contributed by atoms with Crippen LogP contribution in [0.1, 0.15) is 5.69 Å². The lowest BCUT2D eigenvalue weighted by Crippen LogP contribution is -2.05. The first kappa shape index (κ1) is 10.2. The number of anilines is 1. The van der Waals surface area contributed by atoms with Crippen molar-refractivity contribution in [3.05, 3.63) is 24.3 Å². The molecule has 0 fully saturated rings. The molecule has 0 atom stereocenters. The number of hydrogen-bond donors (Lipinski definition) is 1. The zero-order valence-electron chi connectivity index (χ0n) is 8.14. The quantitative estimate of drug-likeness (QED) is 0.545. The molecule has 5 heteroatoms. The number of aldehydes is 1. The minimum Gasteiger partial charge on any atom is -0.383 e. The molecule has 14 heavy (non-hydrogen) atoms. The van der Waals surface area contributed by atoms with Crippen molar-refractivity contribution in [2.45, 2.75) is 0 Å². The normalized spacial score (nSPS) is 11.1. The molecule has 0 aromatic carbocycles. The van der Waals surface area contributed by atoms with E-state index in [1.807, 2.05) is 14.1 Å². The molecule has 1 aromatic rings. The van der Waals surface area contributed by atoms with E-state index in [4.69, 9.17) is 5.73 Å². The fraction of sp³-hybridized carbons (Fsp3) is 0.222. The van der Waals surface area contributed by atoms with Crippen LogP contribution in [-0.2, 0) is 4.79 Å². The van der Waals surface area contributed by atoms with Crippen LogP contribution in [0, 0.1) is 0 Å². The summed E-state index contributed by atoms with van der Waals surface area (Å²) in [7, 11) is 3.65. The fourth-order valence-electron chi connectivity index (χ4n) is 0.955. The first-order valence-corrected chi connectivity index (χ1v) is 4.05. The van der Waals surface area contributed by atoms with Gasteiger partial charge >= 0.3 is 0 Å². The molecule has 0 aliphatic carbocycles. The topological polar surface area (TPSA) is 72.1 Å². The van der Waals surface area contributed by atoms with Crippen LogP contribution in [0.3, 0.4) is 0 Å². The van der Waals surface area contributed by atoms with Crippen molar-refractivity contribution in [3.63, 3.8) is 0 Å². The molecule has 0 amide bonds. The fourth-order valence-corrected chi connectivity index (χ4v) is 0.955. The van der Waals surface area contributed by atoms with Gasteiger partial charge in [0.05, 0.1) is 23.7 Å². The Morgan fingerprint density at radius 3 is 2.71 bits per heavy atom. The molecule has 1 aromatic heterocycles. The summed E-state index contributed by atoms with van der Waals surface area (Å²) in [6, 6.07) is 0. The molecule has 0 bridgehead atoms. The van der Waals surface area contributed by atoms with E-state index < -0.39 is 0 Å². The third-order valence-corrected chi connectivity index (χ3v) is 1.47. The number of allylic oxidation sites excluding steroid dienone is 1. The summed E-state index contributed by atoms with van der Waals surface area (Å²) in [4.78, 5) is 20.3. The van der Waals surface area contributed by atoms with E-state index in [1.54, 1.807) is 11.1 Å². The van der Waals surface area contributed by atoms with Gasteiger partial charge in [-0.15, -0.1) is 0 Å². The lowest BCUT2D eigenvalue weighted by atomic mass is 10.2. The molecular weight excluding hydrogens is 180 g/mol. The van der Waals surface area contributed by atoms with Gasteiger partial charge in [0, 0.05) is 20.3 Å². The maximum Gasteiger partial charge on any atom is 0.153 e. The Kier molecular flexibility index (Phi) is 3.17. The van der Waals surface area contributed by atoms with Crippen molar-refractivity contribution in [1.82, 2.24) is 14.9 Å². The summed E-state index contributed by atoms with van der Waals surface area (Å²) in [5, 5.41) is 0. The molecule has 0 aliphatic rings. The van der Waals surface area contributed by atoms with Gasteiger partial charge in [-0.25, -0.2) is 4.98 Å². The van der Waals surface area contributed by atoms with Crippen molar-refractivity contribution < 1.29 is 4.79 Å². The van der Waals surface area contributed by atoms with E-state index in [0.717, 1.165) is 6.29 Å². The van der Waals surface area contributed by atoms with E-state index >= 15 is 0 Å². The summed E-state index contributed by atoms with van der Waals surface area (Å²) < 4.78 is 0. The summed E-state index contributed by atoms with van der Waals surface area (Å²) in [6.45, 7) is 0. The second kappa shape index (κ2) is 4.36. The predicted molar refractivity (Wildman–Crippen MR) is 54.2 cm³/mol. The number of hydrogen-bond acceptors (Lipinski definition) is 5. The minimum atomic E-state index is 0.300. The second-order valence-electron chi connectivity index (χ2n) is 3.00. The Morgan fingerprint density at radius 2 is 2.21 bits per heavy atom. The minimum absolute atomic E-state index is 0.300. The van der Waals surface area contributed by atoms with E-state index in [0.29, 0.717) is 17.1 Å². The number of rotatable bonds is 3. The summed E-state index contributed by atoms with van der Waals surface area (Å²) in [5.41, 5.74) is 6.39. The van der Waals surface area contributed by atoms with Gasteiger partial charge in [0.15, 0.2) is 6.29 Å². The van der Waals surface area contributed by atoms with Crippen molar-refractivity contribution in [1.29, 1.82) is 0 Å². The Morgan fingerprint density at radius 1 is 1.50 bits per heavy atom. The van der Waals surface area contributed by atoms with Crippen LogP contribution in [0.4, 0.5) is 5.82 Å². The molecule has 0 unspecified atom stereocenters. The highest BCUT2D eigenvalue weighted by atomic mass is 16.1. The van der Waals surface area contributed by atoms with Crippen LogP contribution < -0.4 is 5.73 Å². The molecule has 5 nitrogen and oxygen atoms in total. The number of carbonyl (C=O) groups excluding carboxylic acids is 1. The van der Waals surface area contributed by atoms with Crippen LogP contribution in [0.2, 0.25) is 0 Å².